The number of terminal acetylenes is 1. The van der Waals surface area contributed by atoms with E-state index in [4.69, 9.17) is 0 Å². The van der Waals surface area contributed by atoms with E-state index in [1.807, 2.05) is 36.4 Å². The molecule has 3 aromatic carbocycles. The summed E-state index contributed by atoms with van der Waals surface area (Å²) in [6.07, 6.45) is 16.4. The lowest BCUT2D eigenvalue weighted by Gasteiger charge is -2.19. The van der Waals surface area contributed by atoms with Gasteiger partial charge in [-0.15, -0.1) is 12.8 Å². The molecule has 2 atom stereocenters. The van der Waals surface area contributed by atoms with Crippen LogP contribution in [0.2, 0.25) is 0 Å². The van der Waals surface area contributed by atoms with E-state index in [9.17, 15) is 0 Å². The Morgan fingerprint density at radius 1 is 0.842 bits per heavy atom. The van der Waals surface area contributed by atoms with E-state index in [0.717, 1.165) is 19.0 Å². The molecule has 2 unspecified atom stereocenters. The molecule has 0 bridgehead atoms. The van der Waals surface area contributed by atoms with Crippen LogP contribution < -0.4 is 5.32 Å². The maximum absolute atomic E-state index is 4.00. The first-order chi connectivity index (χ1) is 18.8. The molecule has 0 radical (unpaired) electrons. The standard InChI is InChI=1S/C24H34N2.C6H6.C4H6.C2H2/c1-2-9-23(24-12-7-4-8-13-24)14-16-25-18-22-15-17-26(20-22)19-21-10-5-3-6-11-21;1-2-4-6-5-3-1;1-3-4-2;1-2/h3-8,10-13,22-23,25H,2,9,14-20H2,1H3;1-6H;3-4H,1-2H2;1-2H. The number of hydrogen-bond acceptors (Lipinski definition) is 2. The topological polar surface area (TPSA) is 15.3 Å². The molecule has 0 aromatic heterocycles. The molecule has 1 saturated heterocycles. The minimum absolute atomic E-state index is 0.701. The van der Waals surface area contributed by atoms with E-state index in [1.54, 1.807) is 12.2 Å². The predicted octanol–water partition coefficient (Wildman–Crippen LogP) is 8.37. The van der Waals surface area contributed by atoms with E-state index in [-0.39, 0.29) is 0 Å². The molecule has 38 heavy (non-hydrogen) atoms. The summed E-state index contributed by atoms with van der Waals surface area (Å²) < 4.78 is 0. The van der Waals surface area contributed by atoms with Crippen LogP contribution in [-0.4, -0.2) is 31.1 Å². The highest BCUT2D eigenvalue weighted by Gasteiger charge is 2.22. The van der Waals surface area contributed by atoms with Crippen LogP contribution in [0.15, 0.2) is 122 Å². The minimum atomic E-state index is 0.701. The Bertz CT molecular complexity index is 917. The highest BCUT2D eigenvalue weighted by atomic mass is 15.1. The molecule has 202 valence electrons. The Labute approximate surface area is 233 Å². The second kappa shape index (κ2) is 22.8. The van der Waals surface area contributed by atoms with Crippen LogP contribution in [0.5, 0.6) is 0 Å². The van der Waals surface area contributed by atoms with Gasteiger partial charge in [-0.3, -0.25) is 4.90 Å². The van der Waals surface area contributed by atoms with Gasteiger partial charge < -0.3 is 5.32 Å². The number of allylic oxidation sites excluding steroid dienone is 2. The number of benzene rings is 3. The van der Waals surface area contributed by atoms with Gasteiger partial charge >= 0.3 is 0 Å². The van der Waals surface area contributed by atoms with Crippen LogP contribution in [0.25, 0.3) is 0 Å². The first-order valence-corrected chi connectivity index (χ1v) is 13.9. The van der Waals surface area contributed by atoms with Crippen molar-refractivity contribution in [2.24, 2.45) is 5.92 Å². The molecule has 2 nitrogen and oxygen atoms in total. The van der Waals surface area contributed by atoms with Gasteiger partial charge in [0.25, 0.3) is 0 Å². The van der Waals surface area contributed by atoms with Gasteiger partial charge in [0.05, 0.1) is 0 Å². The quantitative estimate of drug-likeness (QED) is 0.159. The van der Waals surface area contributed by atoms with Crippen molar-refractivity contribution in [3.8, 4) is 12.8 Å². The van der Waals surface area contributed by atoms with Gasteiger partial charge in [0.15, 0.2) is 0 Å². The third kappa shape index (κ3) is 15.0. The number of nitrogens with one attached hydrogen (secondary N) is 1. The zero-order valence-corrected chi connectivity index (χ0v) is 23.4. The Kier molecular flexibility index (Phi) is 19.6. The van der Waals surface area contributed by atoms with Crippen molar-refractivity contribution < 1.29 is 0 Å². The van der Waals surface area contributed by atoms with Crippen molar-refractivity contribution in [2.45, 2.75) is 45.1 Å². The largest absolute Gasteiger partial charge is 0.316 e. The van der Waals surface area contributed by atoms with Gasteiger partial charge in [-0.2, -0.15) is 0 Å². The number of rotatable bonds is 11. The summed E-state index contributed by atoms with van der Waals surface area (Å²) in [5, 5.41) is 3.74. The maximum atomic E-state index is 4.00. The van der Waals surface area contributed by atoms with Gasteiger partial charge in [-0.25, -0.2) is 0 Å². The van der Waals surface area contributed by atoms with Crippen LogP contribution in [0.1, 0.15) is 49.7 Å². The molecule has 1 aliphatic rings. The Hall–Kier alpha value is -3.38. The van der Waals surface area contributed by atoms with Crippen LogP contribution in [0.3, 0.4) is 0 Å². The summed E-state index contributed by atoms with van der Waals surface area (Å²) in [6.45, 7) is 14.9. The van der Waals surface area contributed by atoms with Crippen molar-refractivity contribution in [1.29, 1.82) is 0 Å². The highest BCUT2D eigenvalue weighted by Crippen LogP contribution is 2.24. The number of hydrogen-bond donors (Lipinski definition) is 1. The summed E-state index contributed by atoms with van der Waals surface area (Å²) in [4.78, 5) is 2.60. The second-order valence-electron chi connectivity index (χ2n) is 9.39. The van der Waals surface area contributed by atoms with Crippen molar-refractivity contribution in [1.82, 2.24) is 10.2 Å². The summed E-state index contributed by atoms with van der Waals surface area (Å²) in [5.41, 5.74) is 2.94. The highest BCUT2D eigenvalue weighted by molar-refractivity contribution is 5.19. The first kappa shape index (κ1) is 32.6. The zero-order valence-electron chi connectivity index (χ0n) is 23.4. The molecule has 1 heterocycles. The lowest BCUT2D eigenvalue weighted by atomic mass is 9.91. The van der Waals surface area contributed by atoms with Gasteiger partial charge in [-0.05, 0) is 61.9 Å². The molecular weight excluding hydrogens is 460 g/mol. The molecule has 0 aliphatic carbocycles. The van der Waals surface area contributed by atoms with Crippen LogP contribution in [0.4, 0.5) is 0 Å². The predicted molar refractivity (Wildman–Crippen MR) is 168 cm³/mol. The molecule has 1 aliphatic heterocycles. The van der Waals surface area contributed by atoms with Crippen LogP contribution >= 0.6 is 0 Å². The molecule has 0 spiro atoms. The number of likely N-dealkylation sites (tertiary alicyclic amines) is 1. The Balaban J connectivity index is 0.000000501. The first-order valence-electron chi connectivity index (χ1n) is 13.9. The number of nitrogens with zero attached hydrogens (tertiary/aromatic N) is 1. The summed E-state index contributed by atoms with van der Waals surface area (Å²) in [6, 6.07) is 33.9. The Morgan fingerprint density at radius 2 is 1.37 bits per heavy atom. The smallest absolute Gasteiger partial charge is 0.0233 e. The minimum Gasteiger partial charge on any atom is -0.316 e. The molecule has 3 aromatic rings. The van der Waals surface area contributed by atoms with Crippen molar-refractivity contribution in [2.75, 3.05) is 26.2 Å². The fourth-order valence-corrected chi connectivity index (χ4v) is 4.58. The van der Waals surface area contributed by atoms with Crippen molar-refractivity contribution >= 4 is 0 Å². The lowest BCUT2D eigenvalue weighted by molar-refractivity contribution is 0.314. The van der Waals surface area contributed by atoms with E-state index in [0.29, 0.717) is 5.92 Å². The van der Waals surface area contributed by atoms with E-state index >= 15 is 0 Å². The molecule has 0 saturated carbocycles. The summed E-state index contributed by atoms with van der Waals surface area (Å²) in [5.74, 6) is 1.51. The average molecular weight is 509 g/mol. The fourth-order valence-electron chi connectivity index (χ4n) is 4.58. The van der Waals surface area contributed by atoms with Crippen LogP contribution in [-0.2, 0) is 6.54 Å². The summed E-state index contributed by atoms with van der Waals surface area (Å²) >= 11 is 0. The van der Waals surface area contributed by atoms with E-state index in [1.165, 1.54) is 56.4 Å². The molecule has 1 fully saturated rings. The molecule has 4 rings (SSSR count). The van der Waals surface area contributed by atoms with E-state index < -0.39 is 0 Å². The molecule has 2 heteroatoms. The molecular formula is C36H48N2. The van der Waals surface area contributed by atoms with Gasteiger partial charge in [-0.1, -0.05) is 136 Å². The Morgan fingerprint density at radius 3 is 1.89 bits per heavy atom. The van der Waals surface area contributed by atoms with Gasteiger partial charge in [0, 0.05) is 13.1 Å². The monoisotopic (exact) mass is 508 g/mol. The maximum Gasteiger partial charge on any atom is 0.0233 e. The van der Waals surface area contributed by atoms with Gasteiger partial charge in [0.1, 0.15) is 0 Å². The SMILES string of the molecule is C#C.C=CC=C.CCCC(CCNCC1CCN(Cc2ccccc2)C1)c1ccccc1.c1ccccc1. The third-order valence-electron chi connectivity index (χ3n) is 6.46. The average Bonchev–Trinajstić information content (AvgIpc) is 3.45. The molecule has 0 amide bonds. The molecule has 1 N–H and O–H groups in total. The van der Waals surface area contributed by atoms with E-state index in [2.05, 4.69) is 104 Å². The van der Waals surface area contributed by atoms with Gasteiger partial charge in [0.2, 0.25) is 0 Å². The second-order valence-corrected chi connectivity index (χ2v) is 9.39. The zero-order chi connectivity index (χ0) is 27.7. The fraction of sp³-hybridized carbons (Fsp3) is 0.333. The lowest BCUT2D eigenvalue weighted by Crippen LogP contribution is -2.27. The normalized spacial score (nSPS) is 14.8. The third-order valence-corrected chi connectivity index (χ3v) is 6.46. The van der Waals surface area contributed by atoms with Crippen molar-refractivity contribution in [3.05, 3.63) is 133 Å². The van der Waals surface area contributed by atoms with Crippen molar-refractivity contribution in [3.63, 3.8) is 0 Å². The summed E-state index contributed by atoms with van der Waals surface area (Å²) in [7, 11) is 0. The van der Waals surface area contributed by atoms with Crippen LogP contribution in [0, 0.1) is 18.8 Å².